The summed E-state index contributed by atoms with van der Waals surface area (Å²) < 4.78 is 32.7. The van der Waals surface area contributed by atoms with Crippen LogP contribution < -0.4 is 10.0 Å². The first kappa shape index (κ1) is 15.8. The van der Waals surface area contributed by atoms with E-state index < -0.39 is 10.0 Å². The smallest absolute Gasteiger partial charge is 0.241 e. The van der Waals surface area contributed by atoms with Crippen molar-refractivity contribution in [1.82, 2.24) is 10.0 Å². The van der Waals surface area contributed by atoms with Gasteiger partial charge in [0.2, 0.25) is 10.0 Å². The van der Waals surface area contributed by atoms with Gasteiger partial charge >= 0.3 is 0 Å². The molecule has 2 N–H and O–H groups in total. The molecule has 0 saturated carbocycles. The summed E-state index contributed by atoms with van der Waals surface area (Å²) in [7, 11) is -1.73. The molecular weight excluding hydrogens is 288 g/mol. The standard InChI is InChI=1S/C15H20N2O3S/c1-3-13-7-6-12(10-16-2)9-15(13)21(18,19)17-11-14-5-4-8-20-14/h4-9,16-17H,3,10-11H2,1-2H3. The van der Waals surface area contributed by atoms with Gasteiger partial charge in [-0.3, -0.25) is 0 Å². The number of benzene rings is 1. The van der Waals surface area contributed by atoms with Gasteiger partial charge in [0.1, 0.15) is 5.76 Å². The molecule has 0 aliphatic heterocycles. The number of sulfonamides is 1. The van der Waals surface area contributed by atoms with Crippen molar-refractivity contribution >= 4 is 10.0 Å². The predicted octanol–water partition coefficient (Wildman–Crippen LogP) is 2.04. The van der Waals surface area contributed by atoms with Gasteiger partial charge in [0, 0.05) is 6.54 Å². The summed E-state index contributed by atoms with van der Waals surface area (Å²) in [5.74, 6) is 0.586. The van der Waals surface area contributed by atoms with Crippen molar-refractivity contribution in [1.29, 1.82) is 0 Å². The number of furan rings is 1. The largest absolute Gasteiger partial charge is 0.468 e. The van der Waals surface area contributed by atoms with Gasteiger partial charge in [-0.25, -0.2) is 13.1 Å². The van der Waals surface area contributed by atoms with Crippen LogP contribution in [-0.2, 0) is 29.5 Å². The second kappa shape index (κ2) is 6.89. The third kappa shape index (κ3) is 3.93. The van der Waals surface area contributed by atoms with Crippen LogP contribution in [0, 0.1) is 0 Å². The Hall–Kier alpha value is -1.63. The third-order valence-electron chi connectivity index (χ3n) is 3.20. The molecule has 1 aromatic heterocycles. The molecule has 21 heavy (non-hydrogen) atoms. The Morgan fingerprint density at radius 2 is 2.00 bits per heavy atom. The molecule has 0 radical (unpaired) electrons. The molecule has 2 rings (SSSR count). The highest BCUT2D eigenvalue weighted by Gasteiger charge is 2.18. The van der Waals surface area contributed by atoms with Gasteiger partial charge in [-0.1, -0.05) is 19.1 Å². The molecule has 6 heteroatoms. The monoisotopic (exact) mass is 308 g/mol. The van der Waals surface area contributed by atoms with Crippen molar-refractivity contribution in [2.75, 3.05) is 7.05 Å². The quantitative estimate of drug-likeness (QED) is 0.821. The fourth-order valence-corrected chi connectivity index (χ4v) is 3.46. The summed E-state index contributed by atoms with van der Waals surface area (Å²) in [6.45, 7) is 2.72. The Labute approximate surface area is 125 Å². The van der Waals surface area contributed by atoms with Gasteiger partial charge < -0.3 is 9.73 Å². The van der Waals surface area contributed by atoms with Crippen LogP contribution in [0.1, 0.15) is 23.8 Å². The fourth-order valence-electron chi connectivity index (χ4n) is 2.11. The van der Waals surface area contributed by atoms with E-state index in [2.05, 4.69) is 10.0 Å². The second-order valence-electron chi connectivity index (χ2n) is 4.73. The Bertz CT molecular complexity index is 679. The van der Waals surface area contributed by atoms with Crippen LogP contribution >= 0.6 is 0 Å². The molecule has 0 saturated heterocycles. The minimum absolute atomic E-state index is 0.148. The van der Waals surface area contributed by atoms with Crippen molar-refractivity contribution in [3.8, 4) is 0 Å². The van der Waals surface area contributed by atoms with Crippen LogP contribution in [-0.4, -0.2) is 15.5 Å². The number of nitrogens with one attached hydrogen (secondary N) is 2. The van der Waals surface area contributed by atoms with Crippen LogP contribution in [0.3, 0.4) is 0 Å². The summed E-state index contributed by atoms with van der Waals surface area (Å²) in [5, 5.41) is 3.02. The van der Waals surface area contributed by atoms with Crippen LogP contribution in [0.15, 0.2) is 45.9 Å². The fraction of sp³-hybridized carbons (Fsp3) is 0.333. The SMILES string of the molecule is CCc1ccc(CNC)cc1S(=O)(=O)NCc1ccco1. The van der Waals surface area contributed by atoms with Crippen LogP contribution in [0.5, 0.6) is 0 Å². The van der Waals surface area contributed by atoms with E-state index in [9.17, 15) is 8.42 Å². The zero-order valence-electron chi connectivity index (χ0n) is 12.2. The van der Waals surface area contributed by atoms with E-state index in [4.69, 9.17) is 4.42 Å². The van der Waals surface area contributed by atoms with Crippen molar-refractivity contribution in [3.63, 3.8) is 0 Å². The van der Waals surface area contributed by atoms with Crippen molar-refractivity contribution in [2.24, 2.45) is 0 Å². The topological polar surface area (TPSA) is 71.3 Å². The van der Waals surface area contributed by atoms with Gasteiger partial charge in [0.25, 0.3) is 0 Å². The molecule has 1 heterocycles. The molecule has 0 spiro atoms. The van der Waals surface area contributed by atoms with Gasteiger partial charge in [-0.15, -0.1) is 0 Å². The van der Waals surface area contributed by atoms with Crippen LogP contribution in [0.4, 0.5) is 0 Å². The average Bonchev–Trinajstić information content (AvgIpc) is 2.99. The van der Waals surface area contributed by atoms with E-state index in [0.717, 1.165) is 11.1 Å². The molecule has 0 bridgehead atoms. The van der Waals surface area contributed by atoms with Crippen LogP contribution in [0.2, 0.25) is 0 Å². The highest BCUT2D eigenvalue weighted by Crippen LogP contribution is 2.19. The van der Waals surface area contributed by atoms with E-state index in [1.54, 1.807) is 18.2 Å². The maximum atomic E-state index is 12.5. The van der Waals surface area contributed by atoms with Crippen LogP contribution in [0.25, 0.3) is 0 Å². The number of rotatable bonds is 7. The molecule has 1 aromatic carbocycles. The lowest BCUT2D eigenvalue weighted by atomic mass is 10.1. The van der Waals surface area contributed by atoms with Gasteiger partial charge in [-0.05, 0) is 42.8 Å². The van der Waals surface area contributed by atoms with Crippen molar-refractivity contribution < 1.29 is 12.8 Å². The lowest BCUT2D eigenvalue weighted by Crippen LogP contribution is -2.24. The lowest BCUT2D eigenvalue weighted by Gasteiger charge is -2.12. The second-order valence-corrected chi connectivity index (χ2v) is 6.47. The van der Waals surface area contributed by atoms with Gasteiger partial charge in [0.15, 0.2) is 0 Å². The van der Waals surface area contributed by atoms with Gasteiger partial charge in [-0.2, -0.15) is 0 Å². The Morgan fingerprint density at radius 1 is 1.19 bits per heavy atom. The molecule has 0 aliphatic rings. The van der Waals surface area contributed by atoms with Gasteiger partial charge in [0.05, 0.1) is 17.7 Å². The number of hydrogen-bond donors (Lipinski definition) is 2. The molecule has 0 amide bonds. The van der Waals surface area contributed by atoms with E-state index in [0.29, 0.717) is 23.6 Å². The summed E-state index contributed by atoms with van der Waals surface area (Å²) in [6.07, 6.45) is 2.19. The highest BCUT2D eigenvalue weighted by atomic mass is 32.2. The first-order valence-electron chi connectivity index (χ1n) is 6.85. The normalized spacial score (nSPS) is 11.7. The molecule has 0 unspecified atom stereocenters. The Morgan fingerprint density at radius 3 is 2.62 bits per heavy atom. The molecular formula is C15H20N2O3S. The minimum Gasteiger partial charge on any atom is -0.468 e. The first-order chi connectivity index (χ1) is 10.1. The van der Waals surface area contributed by atoms with E-state index in [1.807, 2.05) is 26.1 Å². The first-order valence-corrected chi connectivity index (χ1v) is 8.33. The molecule has 0 fully saturated rings. The zero-order chi connectivity index (χ0) is 15.3. The summed E-state index contributed by atoms with van der Waals surface area (Å²) in [5.41, 5.74) is 1.75. The Balaban J connectivity index is 2.26. The molecule has 0 atom stereocenters. The number of aryl methyl sites for hydroxylation is 1. The van der Waals surface area contributed by atoms with E-state index in [-0.39, 0.29) is 6.54 Å². The average molecular weight is 308 g/mol. The molecule has 114 valence electrons. The summed E-state index contributed by atoms with van der Waals surface area (Å²) in [4.78, 5) is 0.337. The lowest BCUT2D eigenvalue weighted by molar-refractivity contribution is 0.498. The van der Waals surface area contributed by atoms with Crippen molar-refractivity contribution in [2.45, 2.75) is 31.3 Å². The number of hydrogen-bond acceptors (Lipinski definition) is 4. The maximum Gasteiger partial charge on any atom is 0.241 e. The summed E-state index contributed by atoms with van der Waals surface area (Å²) >= 11 is 0. The maximum absolute atomic E-state index is 12.5. The predicted molar refractivity (Wildman–Crippen MR) is 81.3 cm³/mol. The van der Waals surface area contributed by atoms with E-state index in [1.165, 1.54) is 6.26 Å². The zero-order valence-corrected chi connectivity index (χ0v) is 13.0. The molecule has 0 aliphatic carbocycles. The third-order valence-corrected chi connectivity index (χ3v) is 4.68. The molecule has 5 nitrogen and oxygen atoms in total. The Kier molecular flexibility index (Phi) is 5.17. The van der Waals surface area contributed by atoms with Crippen molar-refractivity contribution in [3.05, 3.63) is 53.5 Å². The molecule has 2 aromatic rings. The minimum atomic E-state index is -3.56. The van der Waals surface area contributed by atoms with E-state index >= 15 is 0 Å². The highest BCUT2D eigenvalue weighted by molar-refractivity contribution is 7.89. The summed E-state index contributed by atoms with van der Waals surface area (Å²) in [6, 6.07) is 9.00.